The van der Waals surface area contributed by atoms with Crippen LogP contribution in [0, 0.1) is 0 Å². The van der Waals surface area contributed by atoms with Gasteiger partial charge in [0.05, 0.1) is 12.3 Å². The molecule has 6 heteroatoms. The number of ether oxygens (including phenoxy) is 1. The Morgan fingerprint density at radius 3 is 2.79 bits per heavy atom. The van der Waals surface area contributed by atoms with Crippen molar-refractivity contribution in [2.24, 2.45) is 0 Å². The Morgan fingerprint density at radius 2 is 2.04 bits per heavy atom. The highest BCUT2D eigenvalue weighted by Crippen LogP contribution is 2.27. The molecule has 0 fully saturated rings. The zero-order chi connectivity index (χ0) is 17.4. The summed E-state index contributed by atoms with van der Waals surface area (Å²) in [5.74, 6) is 0.590. The number of para-hydroxylation sites is 2. The first-order chi connectivity index (χ1) is 11.6. The van der Waals surface area contributed by atoms with Crippen LogP contribution in [0.2, 0.25) is 0 Å². The number of carbonyl (C=O) groups is 1. The van der Waals surface area contributed by atoms with Gasteiger partial charge in [0.2, 0.25) is 0 Å². The molecule has 0 radical (unpaired) electrons. The highest BCUT2D eigenvalue weighted by atomic mass is 16.5. The van der Waals surface area contributed by atoms with Gasteiger partial charge < -0.3 is 20.3 Å². The topological polar surface area (TPSA) is 66.5 Å². The molecular weight excluding hydrogens is 304 g/mol. The van der Waals surface area contributed by atoms with Crippen molar-refractivity contribution in [2.75, 3.05) is 39.1 Å². The molecule has 1 aromatic carbocycles. The van der Waals surface area contributed by atoms with Gasteiger partial charge >= 0.3 is 0 Å². The maximum Gasteiger partial charge on any atom is 0.269 e. The fraction of sp³-hybridized carbons (Fsp3) is 0.333. The van der Waals surface area contributed by atoms with Crippen LogP contribution in [-0.4, -0.2) is 49.6 Å². The first-order valence-corrected chi connectivity index (χ1v) is 7.98. The summed E-state index contributed by atoms with van der Waals surface area (Å²) < 4.78 is 5.60. The van der Waals surface area contributed by atoms with Crippen LogP contribution in [0.5, 0.6) is 5.75 Å². The lowest BCUT2D eigenvalue weighted by atomic mass is 10.2. The smallest absolute Gasteiger partial charge is 0.269 e. The molecule has 1 amide bonds. The molecule has 24 heavy (non-hydrogen) atoms. The first kappa shape index (κ1) is 17.7. The zero-order valence-corrected chi connectivity index (χ0v) is 14.4. The van der Waals surface area contributed by atoms with Gasteiger partial charge in [0, 0.05) is 25.0 Å². The number of rotatable bonds is 8. The van der Waals surface area contributed by atoms with Crippen LogP contribution in [0.15, 0.2) is 42.6 Å². The van der Waals surface area contributed by atoms with E-state index in [2.05, 4.69) is 15.6 Å². The van der Waals surface area contributed by atoms with Crippen molar-refractivity contribution in [2.45, 2.75) is 6.92 Å². The van der Waals surface area contributed by atoms with Crippen LogP contribution in [0.3, 0.4) is 0 Å². The fourth-order valence-corrected chi connectivity index (χ4v) is 2.12. The predicted molar refractivity (Wildman–Crippen MR) is 96.0 cm³/mol. The number of pyridine rings is 1. The van der Waals surface area contributed by atoms with Gasteiger partial charge in [-0.25, -0.2) is 0 Å². The minimum atomic E-state index is -0.182. The normalized spacial score (nSPS) is 10.5. The van der Waals surface area contributed by atoms with Crippen LogP contribution in [0.4, 0.5) is 11.4 Å². The second-order valence-corrected chi connectivity index (χ2v) is 5.54. The Labute approximate surface area is 142 Å². The van der Waals surface area contributed by atoms with Crippen LogP contribution < -0.4 is 15.4 Å². The van der Waals surface area contributed by atoms with Gasteiger partial charge in [-0.3, -0.25) is 9.78 Å². The van der Waals surface area contributed by atoms with E-state index in [1.165, 1.54) is 0 Å². The van der Waals surface area contributed by atoms with Crippen molar-refractivity contribution >= 4 is 17.3 Å². The lowest BCUT2D eigenvalue weighted by Crippen LogP contribution is -2.31. The fourth-order valence-electron chi connectivity index (χ4n) is 2.12. The van der Waals surface area contributed by atoms with Gasteiger partial charge in [-0.05, 0) is 45.3 Å². The van der Waals surface area contributed by atoms with Crippen LogP contribution in [0.25, 0.3) is 0 Å². The van der Waals surface area contributed by atoms with E-state index in [1.807, 2.05) is 56.3 Å². The number of benzene rings is 1. The average Bonchev–Trinajstić information content (AvgIpc) is 2.57. The van der Waals surface area contributed by atoms with Gasteiger partial charge in [0.15, 0.2) is 0 Å². The molecule has 2 aromatic rings. The summed E-state index contributed by atoms with van der Waals surface area (Å²) in [6, 6.07) is 11.2. The zero-order valence-electron chi connectivity index (χ0n) is 14.4. The summed E-state index contributed by atoms with van der Waals surface area (Å²) in [5, 5.41) is 6.13. The molecule has 1 heterocycles. The van der Waals surface area contributed by atoms with Crippen molar-refractivity contribution in [3.63, 3.8) is 0 Å². The molecule has 2 rings (SSSR count). The lowest BCUT2D eigenvalue weighted by Gasteiger charge is -2.13. The molecule has 0 aliphatic rings. The molecule has 6 nitrogen and oxygen atoms in total. The highest BCUT2D eigenvalue weighted by Gasteiger charge is 2.09. The Morgan fingerprint density at radius 1 is 1.25 bits per heavy atom. The maximum atomic E-state index is 12.2. The van der Waals surface area contributed by atoms with Crippen molar-refractivity contribution in [3.8, 4) is 5.75 Å². The minimum Gasteiger partial charge on any atom is -0.492 e. The lowest BCUT2D eigenvalue weighted by molar-refractivity contribution is 0.0946. The van der Waals surface area contributed by atoms with Crippen molar-refractivity contribution in [3.05, 3.63) is 48.3 Å². The number of amides is 1. The van der Waals surface area contributed by atoms with Crippen LogP contribution >= 0.6 is 0 Å². The van der Waals surface area contributed by atoms with Gasteiger partial charge in [-0.1, -0.05) is 12.1 Å². The Balaban J connectivity index is 2.06. The van der Waals surface area contributed by atoms with Gasteiger partial charge in [-0.15, -0.1) is 0 Å². The number of likely N-dealkylation sites (N-methyl/N-ethyl adjacent to an activating group) is 1. The molecule has 128 valence electrons. The van der Waals surface area contributed by atoms with Crippen molar-refractivity contribution in [1.82, 2.24) is 15.2 Å². The number of nitrogens with zero attached hydrogens (tertiary/aromatic N) is 2. The third kappa shape index (κ3) is 5.24. The second kappa shape index (κ2) is 8.88. The van der Waals surface area contributed by atoms with E-state index in [4.69, 9.17) is 4.74 Å². The number of nitrogens with one attached hydrogen (secondary N) is 2. The number of aromatic nitrogens is 1. The highest BCUT2D eigenvalue weighted by molar-refractivity contribution is 5.93. The average molecular weight is 328 g/mol. The molecule has 0 saturated carbocycles. The van der Waals surface area contributed by atoms with E-state index in [-0.39, 0.29) is 5.91 Å². The molecule has 2 N–H and O–H groups in total. The van der Waals surface area contributed by atoms with Crippen molar-refractivity contribution in [1.29, 1.82) is 0 Å². The first-order valence-electron chi connectivity index (χ1n) is 7.98. The van der Waals surface area contributed by atoms with E-state index < -0.39 is 0 Å². The molecule has 0 unspecified atom stereocenters. The standard InChI is InChI=1S/C18H24N4O2/c1-4-24-17-8-6-5-7-15(17)21-14-9-10-19-16(13-14)18(23)20-11-12-22(2)3/h5-10,13H,4,11-12H2,1-3H3,(H,19,21)(H,20,23). The van der Waals surface area contributed by atoms with Crippen LogP contribution in [0.1, 0.15) is 17.4 Å². The van der Waals surface area contributed by atoms with Gasteiger partial charge in [-0.2, -0.15) is 0 Å². The van der Waals surface area contributed by atoms with Crippen molar-refractivity contribution < 1.29 is 9.53 Å². The molecule has 1 aromatic heterocycles. The Kier molecular flexibility index (Phi) is 6.57. The summed E-state index contributed by atoms with van der Waals surface area (Å²) in [4.78, 5) is 18.3. The number of carbonyl (C=O) groups excluding carboxylic acids is 1. The quantitative estimate of drug-likeness (QED) is 0.779. The monoisotopic (exact) mass is 328 g/mol. The summed E-state index contributed by atoms with van der Waals surface area (Å²) in [5.41, 5.74) is 2.02. The summed E-state index contributed by atoms with van der Waals surface area (Å²) in [7, 11) is 3.93. The largest absolute Gasteiger partial charge is 0.492 e. The second-order valence-electron chi connectivity index (χ2n) is 5.54. The van der Waals surface area contributed by atoms with Gasteiger partial charge in [0.1, 0.15) is 11.4 Å². The van der Waals surface area contributed by atoms with Crippen LogP contribution in [-0.2, 0) is 0 Å². The third-order valence-corrected chi connectivity index (χ3v) is 3.30. The van der Waals surface area contributed by atoms with E-state index >= 15 is 0 Å². The molecule has 0 aliphatic carbocycles. The van der Waals surface area contributed by atoms with Gasteiger partial charge in [0.25, 0.3) is 5.91 Å². The summed E-state index contributed by atoms with van der Waals surface area (Å²) in [6.07, 6.45) is 1.62. The maximum absolute atomic E-state index is 12.2. The van der Waals surface area contributed by atoms with E-state index in [1.54, 1.807) is 12.3 Å². The Bertz CT molecular complexity index is 674. The minimum absolute atomic E-state index is 0.182. The van der Waals surface area contributed by atoms with E-state index in [9.17, 15) is 4.79 Å². The predicted octanol–water partition coefficient (Wildman–Crippen LogP) is 2.52. The number of anilines is 2. The molecule has 0 atom stereocenters. The Hall–Kier alpha value is -2.60. The molecule has 0 spiro atoms. The third-order valence-electron chi connectivity index (χ3n) is 3.30. The molecule has 0 aliphatic heterocycles. The molecule has 0 saturated heterocycles. The molecule has 0 bridgehead atoms. The van der Waals surface area contributed by atoms with E-state index in [0.717, 1.165) is 23.7 Å². The SMILES string of the molecule is CCOc1ccccc1Nc1ccnc(C(=O)NCCN(C)C)c1. The number of hydrogen-bond acceptors (Lipinski definition) is 5. The van der Waals surface area contributed by atoms with E-state index in [0.29, 0.717) is 18.8 Å². The number of hydrogen-bond donors (Lipinski definition) is 2. The summed E-state index contributed by atoms with van der Waals surface area (Å²) >= 11 is 0. The molecular formula is C18H24N4O2. The summed E-state index contributed by atoms with van der Waals surface area (Å²) in [6.45, 7) is 3.90.